The molecule has 0 saturated carbocycles. The van der Waals surface area contributed by atoms with E-state index in [1.165, 1.54) is 24.1 Å². The average Bonchev–Trinajstić information content (AvgIpc) is 3.66. The molecule has 1 amide bonds. The molecule has 11 heteroatoms. The van der Waals surface area contributed by atoms with Crippen molar-refractivity contribution in [2.45, 2.75) is 17.3 Å². The summed E-state index contributed by atoms with van der Waals surface area (Å²) in [7, 11) is 4.89. The van der Waals surface area contributed by atoms with Gasteiger partial charge in [0.25, 0.3) is 5.91 Å². The lowest BCUT2D eigenvalue weighted by atomic mass is 10.1. The number of carbonyl (C=O) groups is 1. The molecule has 0 saturated heterocycles. The summed E-state index contributed by atoms with van der Waals surface area (Å²) in [6.07, 6.45) is 1.97. The molecule has 0 atom stereocenters. The van der Waals surface area contributed by atoms with Crippen LogP contribution < -0.4 is 9.47 Å². The quantitative estimate of drug-likeness (QED) is 0.186. The fraction of sp³-hybridized carbons (Fsp3) is 0.200. The first-order valence-electron chi connectivity index (χ1n) is 12.8. The molecule has 0 spiro atoms. The Labute approximate surface area is 240 Å². The van der Waals surface area contributed by atoms with E-state index in [1.54, 1.807) is 48.9 Å². The molecule has 0 bridgehead atoms. The van der Waals surface area contributed by atoms with E-state index in [0.717, 1.165) is 11.1 Å². The topological polar surface area (TPSA) is 95.5 Å². The van der Waals surface area contributed by atoms with Gasteiger partial charge in [-0.05, 0) is 36.2 Å². The lowest BCUT2D eigenvalue weighted by Crippen LogP contribution is -2.29. The predicted molar refractivity (Wildman–Crippen MR) is 153 cm³/mol. The number of benzene rings is 3. The van der Waals surface area contributed by atoms with E-state index >= 15 is 0 Å². The summed E-state index contributed by atoms with van der Waals surface area (Å²) in [6.45, 7) is 0.471. The van der Waals surface area contributed by atoms with Gasteiger partial charge < -0.3 is 18.8 Å². The van der Waals surface area contributed by atoms with Crippen molar-refractivity contribution >= 4 is 17.7 Å². The number of likely N-dealkylation sites (N-methyl/N-ethyl adjacent to an activating group) is 1. The Hall–Kier alpha value is -4.64. The number of carbonyl (C=O) groups excluding carboxylic acids is 1. The van der Waals surface area contributed by atoms with Crippen molar-refractivity contribution in [3.8, 4) is 28.6 Å². The van der Waals surface area contributed by atoms with Crippen LogP contribution in [0.5, 0.6) is 11.5 Å². The minimum atomic E-state index is -0.397. The highest BCUT2D eigenvalue weighted by atomic mass is 32.2. The minimum absolute atomic E-state index is 0.205. The van der Waals surface area contributed by atoms with Crippen LogP contribution in [0.15, 0.2) is 88.6 Å². The van der Waals surface area contributed by atoms with Gasteiger partial charge in [0, 0.05) is 19.2 Å². The van der Waals surface area contributed by atoms with Crippen molar-refractivity contribution in [3.05, 3.63) is 102 Å². The third-order valence-corrected chi connectivity index (χ3v) is 7.30. The first kappa shape index (κ1) is 27.9. The third kappa shape index (κ3) is 6.25. The average molecular weight is 574 g/mol. The molecule has 9 nitrogen and oxygen atoms in total. The maximum atomic E-state index is 14.8. The molecular weight excluding hydrogens is 545 g/mol. The van der Waals surface area contributed by atoms with Crippen molar-refractivity contribution in [3.63, 3.8) is 0 Å². The zero-order valence-corrected chi connectivity index (χ0v) is 23.6. The zero-order chi connectivity index (χ0) is 28.8. The van der Waals surface area contributed by atoms with Crippen LogP contribution in [0, 0.1) is 5.82 Å². The Morgan fingerprint density at radius 2 is 1.76 bits per heavy atom. The Kier molecular flexibility index (Phi) is 8.64. The molecule has 5 aromatic rings. The van der Waals surface area contributed by atoms with Crippen LogP contribution in [0.2, 0.25) is 0 Å². The van der Waals surface area contributed by atoms with Gasteiger partial charge in [0.1, 0.15) is 12.1 Å². The molecule has 0 aliphatic carbocycles. The van der Waals surface area contributed by atoms with Crippen molar-refractivity contribution in [2.75, 3.05) is 27.8 Å². The highest BCUT2D eigenvalue weighted by Gasteiger charge is 2.21. The van der Waals surface area contributed by atoms with Crippen LogP contribution in [-0.2, 0) is 12.2 Å². The van der Waals surface area contributed by atoms with Gasteiger partial charge in [-0.15, -0.1) is 10.2 Å². The smallest absolute Gasteiger partial charge is 0.275 e. The van der Waals surface area contributed by atoms with Gasteiger partial charge in [-0.25, -0.2) is 9.37 Å². The fourth-order valence-corrected chi connectivity index (χ4v) is 5.02. The normalized spacial score (nSPS) is 10.9. The predicted octanol–water partition coefficient (Wildman–Crippen LogP) is 5.69. The Balaban J connectivity index is 1.27. The summed E-state index contributed by atoms with van der Waals surface area (Å²) >= 11 is 1.29. The van der Waals surface area contributed by atoms with E-state index in [2.05, 4.69) is 15.2 Å². The maximum absolute atomic E-state index is 14.8. The number of hydrogen-bond acceptors (Lipinski definition) is 8. The van der Waals surface area contributed by atoms with E-state index in [4.69, 9.17) is 13.9 Å². The Bertz CT molecular complexity index is 1640. The first-order chi connectivity index (χ1) is 20.0. The molecule has 5 rings (SSSR count). The molecule has 41 heavy (non-hydrogen) atoms. The first-order valence-corrected chi connectivity index (χ1v) is 13.8. The van der Waals surface area contributed by atoms with Gasteiger partial charge in [0.2, 0.25) is 5.89 Å². The fourth-order valence-electron chi connectivity index (χ4n) is 4.22. The number of para-hydroxylation sites is 1. The van der Waals surface area contributed by atoms with Crippen molar-refractivity contribution in [1.29, 1.82) is 0 Å². The maximum Gasteiger partial charge on any atom is 0.275 e. The molecular formula is C30H28FN5O4S. The minimum Gasteiger partial charge on any atom is -0.493 e. The lowest BCUT2D eigenvalue weighted by Gasteiger charge is -2.16. The van der Waals surface area contributed by atoms with Crippen LogP contribution in [0.3, 0.4) is 0 Å². The van der Waals surface area contributed by atoms with E-state index in [0.29, 0.717) is 47.0 Å². The number of rotatable bonds is 11. The third-order valence-electron chi connectivity index (χ3n) is 6.38. The number of thioether (sulfide) groups is 1. The summed E-state index contributed by atoms with van der Waals surface area (Å²) < 4.78 is 32.7. The highest BCUT2D eigenvalue weighted by molar-refractivity contribution is 7.98. The van der Waals surface area contributed by atoms with Crippen LogP contribution >= 0.6 is 11.8 Å². The molecule has 2 aromatic heterocycles. The second-order valence-corrected chi connectivity index (χ2v) is 9.98. The van der Waals surface area contributed by atoms with Crippen LogP contribution in [0.25, 0.3) is 17.1 Å². The molecule has 0 aliphatic heterocycles. The molecule has 0 radical (unpaired) electrons. The number of oxazole rings is 1. The Morgan fingerprint density at radius 1 is 1.00 bits per heavy atom. The number of nitrogens with zero attached hydrogens (tertiary/aromatic N) is 5. The van der Waals surface area contributed by atoms with E-state index in [-0.39, 0.29) is 17.4 Å². The molecule has 2 heterocycles. The summed E-state index contributed by atoms with van der Waals surface area (Å²) in [4.78, 5) is 19.0. The number of amides is 1. The van der Waals surface area contributed by atoms with Gasteiger partial charge in [-0.2, -0.15) is 0 Å². The molecule has 0 unspecified atom stereocenters. The second-order valence-electron chi connectivity index (χ2n) is 9.04. The molecule has 0 aliphatic rings. The number of aromatic nitrogens is 4. The van der Waals surface area contributed by atoms with Gasteiger partial charge >= 0.3 is 0 Å². The van der Waals surface area contributed by atoms with Crippen molar-refractivity contribution < 1.29 is 23.1 Å². The van der Waals surface area contributed by atoms with Crippen molar-refractivity contribution in [1.82, 2.24) is 24.6 Å². The Morgan fingerprint density at radius 3 is 2.51 bits per heavy atom. The van der Waals surface area contributed by atoms with Crippen LogP contribution in [0.4, 0.5) is 4.39 Å². The largest absolute Gasteiger partial charge is 0.493 e. The van der Waals surface area contributed by atoms with Gasteiger partial charge in [0.15, 0.2) is 28.2 Å². The zero-order valence-electron chi connectivity index (χ0n) is 22.8. The number of methoxy groups -OCH3 is 2. The number of halogens is 1. The van der Waals surface area contributed by atoms with Gasteiger partial charge in [-0.3, -0.25) is 9.36 Å². The molecule has 3 aromatic carbocycles. The van der Waals surface area contributed by atoms with E-state index in [1.807, 2.05) is 48.5 Å². The van der Waals surface area contributed by atoms with Crippen molar-refractivity contribution in [2.24, 2.45) is 0 Å². The monoisotopic (exact) mass is 573 g/mol. The van der Waals surface area contributed by atoms with Gasteiger partial charge in [-0.1, -0.05) is 60.3 Å². The second kappa shape index (κ2) is 12.7. The SMILES string of the molecule is COc1ccc(CCN(C)C(=O)c2coc(CSc3nnc(-c4ccccc4)n3-c3ccccc3F)n2)cc1OC. The lowest BCUT2D eigenvalue weighted by molar-refractivity contribution is 0.0790. The summed E-state index contributed by atoms with van der Waals surface area (Å²) in [5, 5.41) is 9.12. The number of ether oxygens (including phenoxy) is 2. The summed E-state index contributed by atoms with van der Waals surface area (Å²) in [5.41, 5.74) is 2.35. The summed E-state index contributed by atoms with van der Waals surface area (Å²) in [6, 6.07) is 21.6. The van der Waals surface area contributed by atoms with Gasteiger partial charge in [0.05, 0.1) is 25.7 Å². The highest BCUT2D eigenvalue weighted by Crippen LogP contribution is 2.31. The standard InChI is InChI=1S/C30H28FN5O4S/c1-35(16-15-20-13-14-25(38-2)26(17-20)39-3)29(37)23-18-40-27(32-23)19-41-30-34-33-28(21-9-5-4-6-10-21)36(30)24-12-8-7-11-22(24)31/h4-14,17-18H,15-16,19H2,1-3H3. The summed E-state index contributed by atoms with van der Waals surface area (Å²) in [5.74, 6) is 1.76. The molecule has 0 fully saturated rings. The van der Waals surface area contributed by atoms with E-state index in [9.17, 15) is 9.18 Å². The molecule has 0 N–H and O–H groups in total. The van der Waals surface area contributed by atoms with Crippen LogP contribution in [0.1, 0.15) is 21.9 Å². The van der Waals surface area contributed by atoms with E-state index < -0.39 is 5.82 Å². The number of hydrogen-bond donors (Lipinski definition) is 0. The molecule has 210 valence electrons. The van der Waals surface area contributed by atoms with Crippen LogP contribution in [-0.4, -0.2) is 58.4 Å².